The molecule has 2 atom stereocenters. The maximum Gasteiger partial charge on any atom is 0.324 e. The van der Waals surface area contributed by atoms with Crippen LogP contribution in [0.5, 0.6) is 0 Å². The number of hydrogen-bond donors (Lipinski definition) is 1. The first-order valence-electron chi connectivity index (χ1n) is 11.5. The number of imide groups is 1. The van der Waals surface area contributed by atoms with Crippen LogP contribution in [-0.2, 0) is 9.59 Å². The van der Waals surface area contributed by atoms with Crippen molar-refractivity contribution < 1.29 is 14.4 Å². The van der Waals surface area contributed by atoms with Gasteiger partial charge in [-0.05, 0) is 57.5 Å². The number of likely N-dealkylation sites (tertiary alicyclic amines) is 1. The number of nitrogens with one attached hydrogen (secondary N) is 1. The summed E-state index contributed by atoms with van der Waals surface area (Å²) in [5.74, 6) is 1.09. The van der Waals surface area contributed by atoms with Gasteiger partial charge in [-0.2, -0.15) is 0 Å². The number of carbonyl (C=O) groups excluding carboxylic acids is 3. The fourth-order valence-electron chi connectivity index (χ4n) is 5.67. The van der Waals surface area contributed by atoms with Gasteiger partial charge in [0.2, 0.25) is 5.91 Å². The summed E-state index contributed by atoms with van der Waals surface area (Å²) in [6.45, 7) is 2.93. The Morgan fingerprint density at radius 1 is 0.893 bits per heavy atom. The molecule has 2 unspecified atom stereocenters. The van der Waals surface area contributed by atoms with Crippen molar-refractivity contribution in [2.75, 3.05) is 26.2 Å². The number of rotatable bonds is 5. The monoisotopic (exact) mass is 389 g/mol. The van der Waals surface area contributed by atoms with Gasteiger partial charge in [-0.1, -0.05) is 32.1 Å². The predicted molar refractivity (Wildman–Crippen MR) is 107 cm³/mol. The van der Waals surface area contributed by atoms with E-state index in [-0.39, 0.29) is 29.8 Å². The normalized spacial score (nSPS) is 30.8. The Morgan fingerprint density at radius 2 is 1.57 bits per heavy atom. The molecule has 0 bridgehead atoms. The van der Waals surface area contributed by atoms with Gasteiger partial charge < -0.3 is 5.32 Å². The maximum atomic E-state index is 12.8. The molecule has 156 valence electrons. The summed E-state index contributed by atoms with van der Waals surface area (Å²) in [4.78, 5) is 41.6. The molecule has 28 heavy (non-hydrogen) atoms. The molecule has 2 aliphatic heterocycles. The minimum absolute atomic E-state index is 0.0142. The number of carbonyl (C=O) groups is 3. The topological polar surface area (TPSA) is 69.7 Å². The van der Waals surface area contributed by atoms with E-state index in [0.717, 1.165) is 64.5 Å². The molecular formula is C22H35N3O3. The zero-order valence-electron chi connectivity index (χ0n) is 17.0. The highest BCUT2D eigenvalue weighted by Crippen LogP contribution is 2.31. The van der Waals surface area contributed by atoms with Gasteiger partial charge in [0.15, 0.2) is 0 Å². The average molecular weight is 390 g/mol. The Hall–Kier alpha value is -1.43. The quantitative estimate of drug-likeness (QED) is 0.785. The van der Waals surface area contributed by atoms with Crippen LogP contribution in [0.2, 0.25) is 0 Å². The largest absolute Gasteiger partial charge is 0.334 e. The molecule has 0 aromatic rings. The van der Waals surface area contributed by atoms with Crippen LogP contribution in [0, 0.1) is 17.8 Å². The van der Waals surface area contributed by atoms with Crippen molar-refractivity contribution in [1.29, 1.82) is 0 Å². The molecule has 6 nitrogen and oxygen atoms in total. The molecule has 3 amide bonds. The van der Waals surface area contributed by atoms with Crippen LogP contribution >= 0.6 is 0 Å². The summed E-state index contributed by atoms with van der Waals surface area (Å²) in [5, 5.41) is 3.07. The number of urea groups is 1. The Morgan fingerprint density at radius 3 is 2.32 bits per heavy atom. The van der Waals surface area contributed by atoms with E-state index < -0.39 is 0 Å². The molecule has 4 fully saturated rings. The zero-order valence-corrected chi connectivity index (χ0v) is 17.0. The third-order valence-corrected chi connectivity index (χ3v) is 7.49. The molecule has 0 aromatic heterocycles. The number of piperidine rings is 1. The van der Waals surface area contributed by atoms with Gasteiger partial charge in [0.05, 0.1) is 12.5 Å². The summed E-state index contributed by atoms with van der Waals surface area (Å²) < 4.78 is 0. The van der Waals surface area contributed by atoms with Crippen LogP contribution in [0.1, 0.15) is 70.6 Å². The fraction of sp³-hybridized carbons (Fsp3) is 0.864. The van der Waals surface area contributed by atoms with Gasteiger partial charge >= 0.3 is 6.03 Å². The summed E-state index contributed by atoms with van der Waals surface area (Å²) in [6.07, 6.45) is 11.8. The lowest BCUT2D eigenvalue weighted by Gasteiger charge is -2.42. The highest BCUT2D eigenvalue weighted by molar-refractivity contribution is 5.98. The van der Waals surface area contributed by atoms with Crippen LogP contribution in [0.4, 0.5) is 4.79 Å². The molecular weight excluding hydrogens is 354 g/mol. The van der Waals surface area contributed by atoms with Crippen LogP contribution in [-0.4, -0.2) is 59.7 Å². The number of ketones is 1. The van der Waals surface area contributed by atoms with Crippen molar-refractivity contribution in [3.8, 4) is 0 Å². The van der Waals surface area contributed by atoms with Crippen molar-refractivity contribution in [2.24, 2.45) is 17.8 Å². The standard InChI is InChI=1S/C22H35N3O3/c26-20(17-6-2-1-3-7-17)15-24-12-10-16(11-13-24)14-25-21(27)18-8-4-5-9-19(18)23-22(25)28/h16-19H,1-15H2,(H,23,28). The lowest BCUT2D eigenvalue weighted by Crippen LogP contribution is -2.61. The number of nitrogens with zero attached hydrogens (tertiary/aromatic N) is 2. The minimum Gasteiger partial charge on any atom is -0.334 e. The molecule has 4 rings (SSSR count). The Balaban J connectivity index is 1.24. The van der Waals surface area contributed by atoms with Gasteiger partial charge in [-0.25, -0.2) is 4.79 Å². The molecule has 6 heteroatoms. The van der Waals surface area contributed by atoms with Crippen molar-refractivity contribution in [2.45, 2.75) is 76.7 Å². The van der Waals surface area contributed by atoms with Gasteiger partial charge in [-0.3, -0.25) is 19.4 Å². The number of hydrogen-bond acceptors (Lipinski definition) is 4. The van der Waals surface area contributed by atoms with E-state index in [1.165, 1.54) is 24.2 Å². The van der Waals surface area contributed by atoms with E-state index >= 15 is 0 Å². The minimum atomic E-state index is -0.192. The van der Waals surface area contributed by atoms with Crippen LogP contribution < -0.4 is 5.32 Å². The van der Waals surface area contributed by atoms with Gasteiger partial charge in [0.25, 0.3) is 0 Å². The van der Waals surface area contributed by atoms with E-state index in [1.54, 1.807) is 0 Å². The SMILES string of the molecule is O=C(CN1CCC(CN2C(=O)NC3CCCCC3C2=O)CC1)C1CCCCC1. The third kappa shape index (κ3) is 4.42. The van der Waals surface area contributed by atoms with Gasteiger partial charge in [-0.15, -0.1) is 0 Å². The summed E-state index contributed by atoms with van der Waals surface area (Å²) >= 11 is 0. The summed E-state index contributed by atoms with van der Waals surface area (Å²) in [6, 6.07) is -0.138. The lowest BCUT2D eigenvalue weighted by molar-refractivity contribution is -0.137. The third-order valence-electron chi connectivity index (χ3n) is 7.49. The number of amides is 3. The second-order valence-corrected chi connectivity index (χ2v) is 9.42. The summed E-state index contributed by atoms with van der Waals surface area (Å²) in [7, 11) is 0. The van der Waals surface area contributed by atoms with Crippen molar-refractivity contribution in [3.63, 3.8) is 0 Å². The van der Waals surface area contributed by atoms with E-state index in [4.69, 9.17) is 0 Å². The molecule has 2 saturated carbocycles. The van der Waals surface area contributed by atoms with E-state index in [0.29, 0.717) is 24.8 Å². The van der Waals surface area contributed by atoms with Crippen LogP contribution in [0.25, 0.3) is 0 Å². The molecule has 0 aromatic carbocycles. The highest BCUT2D eigenvalue weighted by atomic mass is 16.2. The first kappa shape index (κ1) is 19.9. The fourth-order valence-corrected chi connectivity index (χ4v) is 5.67. The molecule has 2 heterocycles. The van der Waals surface area contributed by atoms with Gasteiger partial charge in [0, 0.05) is 18.5 Å². The number of fused-ring (bicyclic) bond motifs is 1. The van der Waals surface area contributed by atoms with E-state index in [9.17, 15) is 14.4 Å². The first-order chi connectivity index (χ1) is 13.6. The molecule has 0 radical (unpaired) electrons. The molecule has 2 aliphatic carbocycles. The zero-order chi connectivity index (χ0) is 19.5. The van der Waals surface area contributed by atoms with Gasteiger partial charge in [0.1, 0.15) is 5.78 Å². The Bertz CT molecular complexity index is 594. The smallest absolute Gasteiger partial charge is 0.324 e. The van der Waals surface area contributed by atoms with E-state index in [1.807, 2.05) is 0 Å². The van der Waals surface area contributed by atoms with Crippen molar-refractivity contribution >= 4 is 17.7 Å². The second-order valence-electron chi connectivity index (χ2n) is 9.42. The van der Waals surface area contributed by atoms with E-state index in [2.05, 4.69) is 10.2 Å². The molecule has 0 spiro atoms. The molecule has 4 aliphatic rings. The lowest BCUT2D eigenvalue weighted by atomic mass is 9.82. The Labute approximate surface area is 168 Å². The number of Topliss-reactive ketones (excluding diaryl/α,β-unsaturated/α-hetero) is 1. The molecule has 2 saturated heterocycles. The van der Waals surface area contributed by atoms with Crippen LogP contribution in [0.3, 0.4) is 0 Å². The predicted octanol–water partition coefficient (Wildman–Crippen LogP) is 2.96. The highest BCUT2D eigenvalue weighted by Gasteiger charge is 2.42. The maximum absolute atomic E-state index is 12.8. The van der Waals surface area contributed by atoms with Crippen molar-refractivity contribution in [1.82, 2.24) is 15.1 Å². The average Bonchev–Trinajstić information content (AvgIpc) is 2.73. The second kappa shape index (κ2) is 8.93. The van der Waals surface area contributed by atoms with Crippen LogP contribution in [0.15, 0.2) is 0 Å². The summed E-state index contributed by atoms with van der Waals surface area (Å²) in [5.41, 5.74) is 0. The first-order valence-corrected chi connectivity index (χ1v) is 11.5. The Kier molecular flexibility index (Phi) is 6.34. The molecule has 1 N–H and O–H groups in total. The van der Waals surface area contributed by atoms with Crippen molar-refractivity contribution in [3.05, 3.63) is 0 Å².